The van der Waals surface area contributed by atoms with E-state index >= 15 is 0 Å². The van der Waals surface area contributed by atoms with Crippen molar-refractivity contribution in [3.05, 3.63) is 20.1 Å². The van der Waals surface area contributed by atoms with Crippen LogP contribution < -0.4 is 19.3 Å². The molecule has 0 unspecified atom stereocenters. The maximum absolute atomic E-state index is 13.4. The summed E-state index contributed by atoms with van der Waals surface area (Å²) < 4.78 is 3.69. The smallest absolute Gasteiger partial charge is 0.362 e. The van der Waals surface area contributed by atoms with E-state index in [1.807, 2.05) is 0 Å². The third-order valence-corrected chi connectivity index (χ3v) is 13.1. The van der Waals surface area contributed by atoms with Crippen molar-refractivity contribution < 1.29 is 14.5 Å². The molecule has 1 aliphatic carbocycles. The zero-order valence-corrected chi connectivity index (χ0v) is 32.5. The van der Waals surface area contributed by atoms with Gasteiger partial charge in [-0.15, -0.1) is 0 Å². The molecule has 0 N–H and O–H groups in total. The number of nitrogens with zero attached hydrogens (tertiary/aromatic N) is 6. The lowest BCUT2D eigenvalue weighted by Gasteiger charge is -2.27. The van der Waals surface area contributed by atoms with E-state index in [0.717, 1.165) is 81.5 Å². The molecule has 0 saturated carbocycles. The maximum Gasteiger partial charge on any atom is 0.362 e. The summed E-state index contributed by atoms with van der Waals surface area (Å²) in [4.78, 5) is 36.8. The predicted molar refractivity (Wildman–Crippen MR) is 203 cm³/mol. The highest BCUT2D eigenvalue weighted by molar-refractivity contribution is 8.13. The van der Waals surface area contributed by atoms with Crippen molar-refractivity contribution in [2.24, 2.45) is 4.99 Å². The van der Waals surface area contributed by atoms with Crippen molar-refractivity contribution in [3.8, 4) is 0 Å². The van der Waals surface area contributed by atoms with Crippen LogP contribution in [0.5, 0.6) is 0 Å². The average Bonchev–Trinajstić information content (AvgIpc) is 3.84. The number of fused-ring (bicyclic) bond motifs is 2. The summed E-state index contributed by atoms with van der Waals surface area (Å²) in [5, 5.41) is 16.7. The minimum atomic E-state index is -0.259. The lowest BCUT2D eigenvalue weighted by molar-refractivity contribution is -0.527. The van der Waals surface area contributed by atoms with E-state index in [4.69, 9.17) is 19.9 Å². The van der Waals surface area contributed by atoms with Gasteiger partial charge in [-0.1, -0.05) is 132 Å². The van der Waals surface area contributed by atoms with Crippen LogP contribution in [0.4, 0.5) is 5.13 Å². The van der Waals surface area contributed by atoms with E-state index in [-0.39, 0.29) is 22.7 Å². The summed E-state index contributed by atoms with van der Waals surface area (Å²) in [6.45, 7) is 13.0. The first-order valence-electron chi connectivity index (χ1n) is 18.4. The van der Waals surface area contributed by atoms with Crippen LogP contribution in [0.15, 0.2) is 15.8 Å². The van der Waals surface area contributed by atoms with Crippen LogP contribution in [-0.4, -0.2) is 56.7 Å². The Morgan fingerprint density at radius 3 is 1.79 bits per heavy atom. The van der Waals surface area contributed by atoms with Crippen LogP contribution in [0.1, 0.15) is 135 Å². The molecule has 0 aromatic carbocycles. The van der Waals surface area contributed by atoms with E-state index in [2.05, 4.69) is 37.2 Å². The lowest BCUT2D eigenvalue weighted by atomic mass is 9.89. The molecule has 0 spiro atoms. The SMILES string of the molecule is CCCCCCN(CCCCCC)c1nc2sc(C3=C([O-])/C(=c4\nc5c(s4)=NC(=[N+](CCCCCC)CCCCCC)S5)C3=O)nc2s1. The Morgan fingerprint density at radius 1 is 0.667 bits per heavy atom. The average molecular weight is 729 g/mol. The van der Waals surface area contributed by atoms with Gasteiger partial charge in [-0.25, -0.2) is 15.0 Å². The minimum Gasteiger partial charge on any atom is -0.871 e. The monoisotopic (exact) mass is 728 g/mol. The largest absolute Gasteiger partial charge is 0.871 e. The molecule has 0 fully saturated rings. The van der Waals surface area contributed by atoms with Gasteiger partial charge in [0.25, 0.3) is 4.67 Å². The summed E-state index contributed by atoms with van der Waals surface area (Å²) in [6, 6.07) is 0. The van der Waals surface area contributed by atoms with Gasteiger partial charge in [-0.2, -0.15) is 0 Å². The number of amidine groups is 1. The number of hydrogen-bond acceptors (Lipinski definition) is 10. The maximum atomic E-state index is 13.4. The zero-order valence-electron chi connectivity index (χ0n) is 29.3. The molecule has 0 amide bonds. The normalized spacial score (nSPS) is 15.4. The van der Waals surface area contributed by atoms with Crippen molar-refractivity contribution in [1.82, 2.24) is 15.0 Å². The van der Waals surface area contributed by atoms with Crippen LogP contribution >= 0.6 is 45.8 Å². The number of aromatic nitrogens is 3. The molecular formula is C36H52N6O2S4. The number of thioether (sulfide) groups is 1. The molecule has 1 aliphatic heterocycles. The Kier molecular flexibility index (Phi) is 14.5. The molecule has 48 heavy (non-hydrogen) atoms. The van der Waals surface area contributed by atoms with Crippen LogP contribution in [0.2, 0.25) is 0 Å². The standard InChI is InChI=1S/C36H52N6O2S4/c1-5-9-13-17-21-41(22-18-14-10-6-2)35-39-33-31(47-35)37-29(45-33)25-27(43)26(28(25)44)30-38-32-34(46-30)40-36(48-32)42(23-19-15-11-7-3)24-20-16-12-8-4/h5-24H2,1-4H3. The highest BCUT2D eigenvalue weighted by Crippen LogP contribution is 2.41. The molecule has 4 heterocycles. The van der Waals surface area contributed by atoms with Gasteiger partial charge in [0.2, 0.25) is 0 Å². The number of ketones is 1. The number of hydrogen-bond donors (Lipinski definition) is 0. The topological polar surface area (TPSA) is 97.4 Å². The van der Waals surface area contributed by atoms with Crippen LogP contribution in [0.25, 0.3) is 20.8 Å². The number of rotatable bonds is 22. The number of carbonyl (C=O) groups is 1. The molecule has 0 radical (unpaired) electrons. The van der Waals surface area contributed by atoms with Gasteiger partial charge in [0, 0.05) is 24.9 Å². The molecule has 0 saturated heterocycles. The Morgan fingerprint density at radius 2 is 1.25 bits per heavy atom. The van der Waals surface area contributed by atoms with Gasteiger partial charge in [-0.05, 0) is 43.5 Å². The first kappa shape index (κ1) is 37.1. The predicted octanol–water partition coefficient (Wildman–Crippen LogP) is 7.94. The summed E-state index contributed by atoms with van der Waals surface area (Å²) in [5.41, 5.74) is 0.352. The number of carbonyl (C=O) groups excluding carboxylic acids is 1. The highest BCUT2D eigenvalue weighted by atomic mass is 32.2. The molecule has 8 nitrogen and oxygen atoms in total. The summed E-state index contributed by atoms with van der Waals surface area (Å²) >= 11 is 5.87. The van der Waals surface area contributed by atoms with E-state index < -0.39 is 0 Å². The molecule has 5 rings (SSSR count). The number of Topliss-reactive ketones (excluding diaryl/α,β-unsaturated/α-hetero) is 1. The molecule has 12 heteroatoms. The van der Waals surface area contributed by atoms with E-state index in [9.17, 15) is 9.90 Å². The number of anilines is 1. The first-order valence-corrected chi connectivity index (χ1v) is 21.6. The van der Waals surface area contributed by atoms with Crippen LogP contribution in [0.3, 0.4) is 0 Å². The summed E-state index contributed by atoms with van der Waals surface area (Å²) in [6.07, 6.45) is 19.5. The van der Waals surface area contributed by atoms with E-state index in [1.54, 1.807) is 23.1 Å². The number of thiazole rings is 3. The molecule has 0 bridgehead atoms. The van der Waals surface area contributed by atoms with Crippen molar-refractivity contribution in [2.75, 3.05) is 31.1 Å². The van der Waals surface area contributed by atoms with Crippen LogP contribution in [-0.2, 0) is 4.79 Å². The molecule has 0 atom stereocenters. The van der Waals surface area contributed by atoms with Gasteiger partial charge in [-0.3, -0.25) is 9.37 Å². The van der Waals surface area contributed by atoms with Gasteiger partial charge in [0.05, 0.1) is 24.2 Å². The number of allylic oxidation sites excluding steroid dienone is 2. The van der Waals surface area contributed by atoms with Crippen molar-refractivity contribution in [1.29, 1.82) is 0 Å². The van der Waals surface area contributed by atoms with Crippen molar-refractivity contribution in [2.45, 2.75) is 135 Å². The van der Waals surface area contributed by atoms with E-state index in [1.165, 1.54) is 99.7 Å². The van der Waals surface area contributed by atoms with Crippen molar-refractivity contribution in [3.63, 3.8) is 0 Å². The quantitative estimate of drug-likeness (QED) is 0.0766. The number of unbranched alkanes of at least 4 members (excludes halogenated alkanes) is 12. The third kappa shape index (κ3) is 9.14. The third-order valence-electron chi connectivity index (χ3n) is 8.93. The van der Waals surface area contributed by atoms with Gasteiger partial charge < -0.3 is 10.0 Å². The summed E-state index contributed by atoms with van der Waals surface area (Å²) in [5.74, 6) is -0.518. The second-order valence-corrected chi connectivity index (χ2v) is 16.7. The van der Waals surface area contributed by atoms with Crippen LogP contribution in [0, 0.1) is 0 Å². The minimum absolute atomic E-state index is 0.176. The lowest BCUT2D eigenvalue weighted by Crippen LogP contribution is -2.32. The Bertz CT molecular complexity index is 1660. The van der Waals surface area contributed by atoms with Gasteiger partial charge in [0.15, 0.2) is 25.6 Å². The Balaban J connectivity index is 1.33. The van der Waals surface area contributed by atoms with Gasteiger partial charge >= 0.3 is 5.17 Å². The highest BCUT2D eigenvalue weighted by Gasteiger charge is 2.35. The molecular weight excluding hydrogens is 677 g/mol. The Labute approximate surface area is 302 Å². The molecule has 3 aromatic heterocycles. The molecule has 2 aliphatic rings. The van der Waals surface area contributed by atoms with E-state index in [0.29, 0.717) is 9.67 Å². The van der Waals surface area contributed by atoms with Crippen molar-refractivity contribution >= 4 is 82.7 Å². The van der Waals surface area contributed by atoms with Gasteiger partial charge in [0.1, 0.15) is 9.67 Å². The zero-order chi connectivity index (χ0) is 33.9. The summed E-state index contributed by atoms with van der Waals surface area (Å²) in [7, 11) is 0. The Hall–Kier alpha value is -2.15. The second-order valence-electron chi connectivity index (χ2n) is 12.9. The molecule has 262 valence electrons. The first-order chi connectivity index (χ1) is 23.5. The second kappa shape index (κ2) is 18.7. The fourth-order valence-electron chi connectivity index (χ4n) is 6.05. The molecule has 3 aromatic rings. The fourth-order valence-corrected chi connectivity index (χ4v) is 10.3. The fraction of sp³-hybridized carbons (Fsp3) is 0.667.